The number of carbonyl (C=O) groups is 2. The van der Waals surface area contributed by atoms with E-state index in [0.29, 0.717) is 92.3 Å². The smallest absolute Gasteiger partial charge is 0.254 e. The van der Waals surface area contributed by atoms with Crippen LogP contribution < -0.4 is 23.7 Å². The summed E-state index contributed by atoms with van der Waals surface area (Å²) in [6.45, 7) is 5.01. The van der Waals surface area contributed by atoms with Crippen molar-refractivity contribution in [1.29, 1.82) is 0 Å². The molecule has 0 bridgehead atoms. The van der Waals surface area contributed by atoms with E-state index in [1.165, 1.54) is 21.3 Å². The molecule has 0 radical (unpaired) electrons. The second-order valence-electron chi connectivity index (χ2n) is 9.32. The Morgan fingerprint density at radius 2 is 1.50 bits per heavy atom. The van der Waals surface area contributed by atoms with Crippen LogP contribution in [0.5, 0.6) is 28.7 Å². The van der Waals surface area contributed by atoms with E-state index >= 15 is 0 Å². The van der Waals surface area contributed by atoms with Crippen LogP contribution in [-0.2, 0) is 4.74 Å². The normalized spacial score (nSPS) is 19.3. The Hall–Kier alpha value is -3.70. The van der Waals surface area contributed by atoms with Crippen molar-refractivity contribution in [3.05, 3.63) is 41.5 Å². The summed E-state index contributed by atoms with van der Waals surface area (Å²) in [7, 11) is 4.59. The Morgan fingerprint density at radius 3 is 2.18 bits per heavy atom. The van der Waals surface area contributed by atoms with Crippen molar-refractivity contribution < 1.29 is 38.0 Å². The van der Waals surface area contributed by atoms with Gasteiger partial charge in [-0.25, -0.2) is 0 Å². The molecule has 0 saturated carbocycles. The number of piperazine rings is 1. The van der Waals surface area contributed by atoms with Crippen LogP contribution >= 0.6 is 0 Å². The number of benzene rings is 2. The van der Waals surface area contributed by atoms with Gasteiger partial charge in [0, 0.05) is 56.9 Å². The number of amides is 2. The van der Waals surface area contributed by atoms with Crippen LogP contribution in [0.15, 0.2) is 30.3 Å². The summed E-state index contributed by atoms with van der Waals surface area (Å²) in [5.74, 6) is 2.47. The molecule has 2 saturated heterocycles. The average molecular weight is 528 g/mol. The Balaban J connectivity index is 1.15. The molecule has 3 aliphatic rings. The standard InChI is InChI=1S/C27H33N3O8/c1-33-23-13-19(14-24(34-2)25(23)35-3)27(32)29-8-6-28(7-9-29)15-20-16-30(10-11-36-20)26(31)18-4-5-21-22(12-18)38-17-37-21/h4-5,12-14,20H,6-11,15-17H2,1-3H3/t20-/m0/s1. The van der Waals surface area contributed by atoms with Gasteiger partial charge >= 0.3 is 0 Å². The van der Waals surface area contributed by atoms with E-state index in [4.69, 9.17) is 28.4 Å². The molecule has 5 rings (SSSR count). The maximum atomic E-state index is 13.2. The highest BCUT2D eigenvalue weighted by molar-refractivity contribution is 5.96. The lowest BCUT2D eigenvalue weighted by Crippen LogP contribution is -2.54. The van der Waals surface area contributed by atoms with Gasteiger partial charge in [-0.15, -0.1) is 0 Å². The van der Waals surface area contributed by atoms with Crippen LogP contribution in [0.25, 0.3) is 0 Å². The lowest BCUT2D eigenvalue weighted by molar-refractivity contribution is -0.0400. The van der Waals surface area contributed by atoms with Crippen LogP contribution in [0.2, 0.25) is 0 Å². The SMILES string of the molecule is COc1cc(C(=O)N2CCN(C[C@H]3CN(C(=O)c4ccc5c(c4)OCO5)CCO3)CC2)cc(OC)c1OC. The quantitative estimate of drug-likeness (QED) is 0.533. The van der Waals surface area contributed by atoms with Crippen molar-refractivity contribution in [2.24, 2.45) is 0 Å². The predicted molar refractivity (Wildman–Crippen MR) is 137 cm³/mol. The highest BCUT2D eigenvalue weighted by atomic mass is 16.7. The van der Waals surface area contributed by atoms with E-state index in [1.807, 2.05) is 9.80 Å². The zero-order chi connectivity index (χ0) is 26.6. The summed E-state index contributed by atoms with van der Waals surface area (Å²) in [5.41, 5.74) is 1.06. The van der Waals surface area contributed by atoms with Gasteiger partial charge in [0.15, 0.2) is 23.0 Å². The van der Waals surface area contributed by atoms with E-state index in [9.17, 15) is 9.59 Å². The summed E-state index contributed by atoms with van der Waals surface area (Å²) >= 11 is 0. The third-order valence-electron chi connectivity index (χ3n) is 7.08. The molecule has 11 heteroatoms. The fourth-order valence-electron chi connectivity index (χ4n) is 5.04. The van der Waals surface area contributed by atoms with E-state index in [2.05, 4.69) is 4.90 Å². The molecule has 11 nitrogen and oxygen atoms in total. The average Bonchev–Trinajstić information content (AvgIpc) is 3.44. The minimum Gasteiger partial charge on any atom is -0.493 e. The molecule has 3 heterocycles. The van der Waals surface area contributed by atoms with Gasteiger partial charge in [0.2, 0.25) is 12.5 Å². The second kappa shape index (κ2) is 11.4. The maximum absolute atomic E-state index is 13.2. The zero-order valence-electron chi connectivity index (χ0n) is 21.9. The molecule has 0 aromatic heterocycles. The summed E-state index contributed by atoms with van der Waals surface area (Å²) in [5, 5.41) is 0. The summed E-state index contributed by atoms with van der Waals surface area (Å²) in [6, 6.07) is 8.63. The van der Waals surface area contributed by atoms with Gasteiger partial charge < -0.3 is 38.2 Å². The minimum absolute atomic E-state index is 0.0441. The van der Waals surface area contributed by atoms with Gasteiger partial charge in [0.1, 0.15) is 0 Å². The van der Waals surface area contributed by atoms with Crippen molar-refractivity contribution in [3.63, 3.8) is 0 Å². The van der Waals surface area contributed by atoms with Crippen LogP contribution in [0.1, 0.15) is 20.7 Å². The molecule has 2 aromatic rings. The number of carbonyl (C=O) groups excluding carboxylic acids is 2. The fourth-order valence-corrected chi connectivity index (χ4v) is 5.04. The molecule has 0 spiro atoms. The number of hydrogen-bond donors (Lipinski definition) is 0. The number of methoxy groups -OCH3 is 3. The first-order valence-electron chi connectivity index (χ1n) is 12.6. The van der Waals surface area contributed by atoms with Crippen molar-refractivity contribution >= 4 is 11.8 Å². The van der Waals surface area contributed by atoms with Crippen molar-refractivity contribution in [1.82, 2.24) is 14.7 Å². The summed E-state index contributed by atoms with van der Waals surface area (Å²) < 4.78 is 32.9. The van der Waals surface area contributed by atoms with Crippen molar-refractivity contribution in [3.8, 4) is 28.7 Å². The first kappa shape index (κ1) is 25.9. The van der Waals surface area contributed by atoms with Gasteiger partial charge in [-0.3, -0.25) is 14.5 Å². The number of rotatable bonds is 7. The van der Waals surface area contributed by atoms with Gasteiger partial charge in [-0.2, -0.15) is 0 Å². The molecule has 2 fully saturated rings. The third-order valence-corrected chi connectivity index (χ3v) is 7.08. The van der Waals surface area contributed by atoms with E-state index in [0.717, 1.165) is 0 Å². The van der Waals surface area contributed by atoms with E-state index in [1.54, 1.807) is 30.3 Å². The van der Waals surface area contributed by atoms with Crippen LogP contribution in [-0.4, -0.2) is 113 Å². The Kier molecular flexibility index (Phi) is 7.75. The summed E-state index contributed by atoms with van der Waals surface area (Å²) in [6.07, 6.45) is -0.0981. The summed E-state index contributed by atoms with van der Waals surface area (Å²) in [4.78, 5) is 32.3. The number of hydrogen-bond acceptors (Lipinski definition) is 9. The molecule has 3 aliphatic heterocycles. The van der Waals surface area contributed by atoms with Gasteiger partial charge in [-0.05, 0) is 30.3 Å². The van der Waals surface area contributed by atoms with Crippen molar-refractivity contribution in [2.45, 2.75) is 6.10 Å². The van der Waals surface area contributed by atoms with Crippen LogP contribution in [0.3, 0.4) is 0 Å². The Bertz CT molecular complexity index is 1160. The molecule has 38 heavy (non-hydrogen) atoms. The minimum atomic E-state index is -0.0981. The number of morpholine rings is 1. The molecule has 0 N–H and O–H groups in total. The molecular formula is C27H33N3O8. The molecular weight excluding hydrogens is 494 g/mol. The molecule has 0 unspecified atom stereocenters. The first-order valence-corrected chi connectivity index (χ1v) is 12.6. The van der Waals surface area contributed by atoms with E-state index in [-0.39, 0.29) is 24.7 Å². The topological polar surface area (TPSA) is 99.2 Å². The van der Waals surface area contributed by atoms with E-state index < -0.39 is 0 Å². The maximum Gasteiger partial charge on any atom is 0.254 e. The first-order chi connectivity index (χ1) is 18.5. The monoisotopic (exact) mass is 527 g/mol. The molecule has 1 atom stereocenters. The Labute approximate surface area is 221 Å². The fraction of sp³-hybridized carbons (Fsp3) is 0.481. The molecule has 2 amide bonds. The zero-order valence-corrected chi connectivity index (χ0v) is 21.9. The number of ether oxygens (including phenoxy) is 6. The van der Waals surface area contributed by atoms with Crippen LogP contribution in [0, 0.1) is 0 Å². The highest BCUT2D eigenvalue weighted by Crippen LogP contribution is 2.38. The van der Waals surface area contributed by atoms with Crippen molar-refractivity contribution in [2.75, 3.05) is 80.5 Å². The predicted octanol–water partition coefficient (Wildman–Crippen LogP) is 1.74. The molecule has 0 aliphatic carbocycles. The lowest BCUT2D eigenvalue weighted by atomic mass is 10.1. The lowest BCUT2D eigenvalue weighted by Gasteiger charge is -2.39. The molecule has 204 valence electrons. The van der Waals surface area contributed by atoms with Crippen LogP contribution in [0.4, 0.5) is 0 Å². The van der Waals surface area contributed by atoms with Gasteiger partial charge in [0.05, 0.1) is 34.0 Å². The van der Waals surface area contributed by atoms with Gasteiger partial charge in [0.25, 0.3) is 11.8 Å². The third kappa shape index (κ3) is 5.30. The largest absolute Gasteiger partial charge is 0.493 e. The number of fused-ring (bicyclic) bond motifs is 1. The highest BCUT2D eigenvalue weighted by Gasteiger charge is 2.30. The number of nitrogens with zero attached hydrogens (tertiary/aromatic N) is 3. The second-order valence-corrected chi connectivity index (χ2v) is 9.32. The Morgan fingerprint density at radius 1 is 0.816 bits per heavy atom. The molecule has 2 aromatic carbocycles. The van der Waals surface area contributed by atoms with Gasteiger partial charge in [-0.1, -0.05) is 0 Å².